The first-order valence-corrected chi connectivity index (χ1v) is 5.66. The standard InChI is InChI=1S/C12H15ClFN/c1-8-9(4-5-10(14)11(8)13)12(15)6-2-3-7-12/h4-5H,2-3,6-7,15H2,1H3. The van der Waals surface area contributed by atoms with Gasteiger partial charge in [0, 0.05) is 5.54 Å². The predicted molar refractivity (Wildman–Crippen MR) is 60.5 cm³/mol. The van der Waals surface area contributed by atoms with Crippen LogP contribution >= 0.6 is 11.6 Å². The van der Waals surface area contributed by atoms with Crippen LogP contribution < -0.4 is 5.73 Å². The minimum Gasteiger partial charge on any atom is -0.321 e. The van der Waals surface area contributed by atoms with E-state index in [1.807, 2.05) is 6.92 Å². The van der Waals surface area contributed by atoms with Gasteiger partial charge in [-0.05, 0) is 37.0 Å². The van der Waals surface area contributed by atoms with Gasteiger partial charge < -0.3 is 5.73 Å². The summed E-state index contributed by atoms with van der Waals surface area (Å²) in [5.41, 5.74) is 7.83. The van der Waals surface area contributed by atoms with Gasteiger partial charge in [-0.2, -0.15) is 0 Å². The average molecular weight is 228 g/mol. The van der Waals surface area contributed by atoms with Gasteiger partial charge in [0.05, 0.1) is 5.02 Å². The second kappa shape index (κ2) is 3.76. The highest BCUT2D eigenvalue weighted by molar-refractivity contribution is 6.31. The van der Waals surface area contributed by atoms with E-state index in [0.29, 0.717) is 0 Å². The maximum atomic E-state index is 13.2. The molecule has 1 nitrogen and oxygen atoms in total. The second-order valence-electron chi connectivity index (χ2n) is 4.40. The summed E-state index contributed by atoms with van der Waals surface area (Å²) in [6.45, 7) is 1.84. The molecule has 0 aromatic heterocycles. The lowest BCUT2D eigenvalue weighted by molar-refractivity contribution is 0.458. The summed E-state index contributed by atoms with van der Waals surface area (Å²) >= 11 is 5.89. The quantitative estimate of drug-likeness (QED) is 0.781. The van der Waals surface area contributed by atoms with E-state index in [0.717, 1.165) is 36.8 Å². The van der Waals surface area contributed by atoms with E-state index < -0.39 is 0 Å². The Balaban J connectivity index is 2.49. The number of rotatable bonds is 1. The molecule has 0 bridgehead atoms. The SMILES string of the molecule is Cc1c(C2(N)CCCC2)ccc(F)c1Cl. The van der Waals surface area contributed by atoms with Crippen LogP contribution in [0.3, 0.4) is 0 Å². The number of benzene rings is 1. The summed E-state index contributed by atoms with van der Waals surface area (Å²) < 4.78 is 13.2. The molecule has 0 unspecified atom stereocenters. The minimum absolute atomic E-state index is 0.212. The van der Waals surface area contributed by atoms with E-state index in [1.54, 1.807) is 6.07 Å². The summed E-state index contributed by atoms with van der Waals surface area (Å²) in [6.07, 6.45) is 4.22. The molecule has 1 aromatic carbocycles. The molecule has 0 heterocycles. The lowest BCUT2D eigenvalue weighted by Gasteiger charge is -2.26. The molecular weight excluding hydrogens is 213 g/mol. The Bertz CT molecular complexity index is 383. The topological polar surface area (TPSA) is 26.0 Å². The van der Waals surface area contributed by atoms with Gasteiger partial charge in [-0.1, -0.05) is 30.5 Å². The zero-order valence-electron chi connectivity index (χ0n) is 8.82. The Hall–Kier alpha value is -0.600. The van der Waals surface area contributed by atoms with Crippen molar-refractivity contribution in [1.82, 2.24) is 0 Å². The molecule has 1 saturated carbocycles. The Labute approximate surface area is 94.4 Å². The lowest BCUT2D eigenvalue weighted by atomic mass is 9.86. The Morgan fingerprint density at radius 1 is 1.33 bits per heavy atom. The van der Waals surface area contributed by atoms with E-state index >= 15 is 0 Å². The average Bonchev–Trinajstić information content (AvgIpc) is 2.62. The van der Waals surface area contributed by atoms with E-state index in [9.17, 15) is 4.39 Å². The largest absolute Gasteiger partial charge is 0.321 e. The molecule has 1 fully saturated rings. The van der Waals surface area contributed by atoms with Crippen molar-refractivity contribution >= 4 is 11.6 Å². The van der Waals surface area contributed by atoms with Gasteiger partial charge in [-0.15, -0.1) is 0 Å². The van der Waals surface area contributed by atoms with Crippen LogP contribution in [0.15, 0.2) is 12.1 Å². The van der Waals surface area contributed by atoms with E-state index in [1.165, 1.54) is 6.07 Å². The van der Waals surface area contributed by atoms with Crippen molar-refractivity contribution in [1.29, 1.82) is 0 Å². The smallest absolute Gasteiger partial charge is 0.142 e. The van der Waals surface area contributed by atoms with Gasteiger partial charge in [0.1, 0.15) is 5.82 Å². The van der Waals surface area contributed by atoms with Crippen LogP contribution in [0.4, 0.5) is 4.39 Å². The van der Waals surface area contributed by atoms with Crippen LogP contribution in [0, 0.1) is 12.7 Å². The summed E-state index contributed by atoms with van der Waals surface area (Å²) in [7, 11) is 0. The molecule has 0 radical (unpaired) electrons. The monoisotopic (exact) mass is 227 g/mol. The highest BCUT2D eigenvalue weighted by atomic mass is 35.5. The first kappa shape index (κ1) is 10.9. The highest BCUT2D eigenvalue weighted by Crippen LogP contribution is 2.39. The lowest BCUT2D eigenvalue weighted by Crippen LogP contribution is -2.34. The Morgan fingerprint density at radius 2 is 1.93 bits per heavy atom. The van der Waals surface area contributed by atoms with Crippen LogP contribution in [0.25, 0.3) is 0 Å². The maximum absolute atomic E-state index is 13.2. The first-order valence-electron chi connectivity index (χ1n) is 5.28. The van der Waals surface area contributed by atoms with Gasteiger partial charge in [0.25, 0.3) is 0 Å². The molecule has 2 N–H and O–H groups in total. The zero-order chi connectivity index (χ0) is 11.1. The molecule has 2 rings (SSSR count). The van der Waals surface area contributed by atoms with Crippen LogP contribution in [0.1, 0.15) is 36.8 Å². The molecule has 15 heavy (non-hydrogen) atoms. The van der Waals surface area contributed by atoms with Crippen molar-refractivity contribution in [2.24, 2.45) is 5.73 Å². The Morgan fingerprint density at radius 3 is 2.53 bits per heavy atom. The van der Waals surface area contributed by atoms with Gasteiger partial charge in [-0.25, -0.2) is 4.39 Å². The van der Waals surface area contributed by atoms with Crippen LogP contribution in [0.5, 0.6) is 0 Å². The summed E-state index contributed by atoms with van der Waals surface area (Å²) in [6, 6.07) is 3.19. The fourth-order valence-electron chi connectivity index (χ4n) is 2.47. The summed E-state index contributed by atoms with van der Waals surface area (Å²) in [4.78, 5) is 0. The second-order valence-corrected chi connectivity index (χ2v) is 4.78. The van der Waals surface area contributed by atoms with Crippen molar-refractivity contribution in [3.05, 3.63) is 34.1 Å². The predicted octanol–water partition coefficient (Wildman–Crippen LogP) is 3.52. The van der Waals surface area contributed by atoms with Crippen LogP contribution in [-0.4, -0.2) is 0 Å². The van der Waals surface area contributed by atoms with Crippen LogP contribution in [0.2, 0.25) is 5.02 Å². The molecule has 3 heteroatoms. The summed E-state index contributed by atoms with van der Waals surface area (Å²) in [5.74, 6) is -0.362. The number of nitrogens with two attached hydrogens (primary N) is 1. The van der Waals surface area contributed by atoms with E-state index in [2.05, 4.69) is 0 Å². The molecular formula is C12H15ClFN. The highest BCUT2D eigenvalue weighted by Gasteiger charge is 2.33. The number of halogens is 2. The van der Waals surface area contributed by atoms with Gasteiger partial charge in [-0.3, -0.25) is 0 Å². The summed E-state index contributed by atoms with van der Waals surface area (Å²) in [5, 5.41) is 0.212. The normalized spacial score (nSPS) is 19.5. The fourth-order valence-corrected chi connectivity index (χ4v) is 2.63. The molecule has 0 aliphatic heterocycles. The maximum Gasteiger partial charge on any atom is 0.142 e. The third-order valence-electron chi connectivity index (χ3n) is 3.37. The fraction of sp³-hybridized carbons (Fsp3) is 0.500. The molecule has 1 aliphatic carbocycles. The zero-order valence-corrected chi connectivity index (χ0v) is 9.57. The molecule has 0 amide bonds. The molecule has 0 spiro atoms. The minimum atomic E-state index is -0.362. The van der Waals surface area contributed by atoms with E-state index in [4.69, 9.17) is 17.3 Å². The first-order chi connectivity index (χ1) is 7.04. The van der Waals surface area contributed by atoms with Crippen molar-refractivity contribution in [3.63, 3.8) is 0 Å². The molecule has 1 aliphatic rings. The Kier molecular flexibility index (Phi) is 2.73. The van der Waals surface area contributed by atoms with Gasteiger partial charge in [0.2, 0.25) is 0 Å². The van der Waals surface area contributed by atoms with Crippen molar-refractivity contribution < 1.29 is 4.39 Å². The molecule has 1 aromatic rings. The van der Waals surface area contributed by atoms with Crippen molar-refractivity contribution in [2.75, 3.05) is 0 Å². The molecule has 0 saturated heterocycles. The number of hydrogen-bond acceptors (Lipinski definition) is 1. The van der Waals surface area contributed by atoms with Crippen molar-refractivity contribution in [2.45, 2.75) is 38.1 Å². The number of hydrogen-bond donors (Lipinski definition) is 1. The third kappa shape index (κ3) is 1.77. The van der Waals surface area contributed by atoms with Crippen molar-refractivity contribution in [3.8, 4) is 0 Å². The van der Waals surface area contributed by atoms with E-state index in [-0.39, 0.29) is 16.4 Å². The molecule has 0 atom stereocenters. The third-order valence-corrected chi connectivity index (χ3v) is 3.84. The van der Waals surface area contributed by atoms with Crippen LogP contribution in [-0.2, 0) is 5.54 Å². The van der Waals surface area contributed by atoms with Gasteiger partial charge in [0.15, 0.2) is 0 Å². The molecule has 82 valence electrons. The van der Waals surface area contributed by atoms with Gasteiger partial charge >= 0.3 is 0 Å².